The maximum atomic E-state index is 14.7. The topological polar surface area (TPSA) is 183 Å². The summed E-state index contributed by atoms with van der Waals surface area (Å²) in [5.74, 6) is -4.41. The molecule has 2 aromatic rings. The molecule has 4 N–H and O–H groups in total. The summed E-state index contributed by atoms with van der Waals surface area (Å²) >= 11 is 0. The van der Waals surface area contributed by atoms with Gasteiger partial charge in [0.2, 0.25) is 29.4 Å². The number of amides is 6. The van der Waals surface area contributed by atoms with E-state index in [1.807, 2.05) is 58.9 Å². The molecule has 0 bridgehead atoms. The normalized spacial score (nSPS) is 21.2. The number of ether oxygens (including phenoxy) is 1. The summed E-state index contributed by atoms with van der Waals surface area (Å²) in [6.45, 7) is 11.3. The van der Waals surface area contributed by atoms with Gasteiger partial charge < -0.3 is 35.8 Å². The second-order valence-corrected chi connectivity index (χ2v) is 16.8. The van der Waals surface area contributed by atoms with Crippen LogP contribution in [-0.2, 0) is 46.3 Å². The minimum absolute atomic E-state index is 0.0211. The van der Waals surface area contributed by atoms with E-state index < -0.39 is 72.3 Å². The third-order valence-corrected chi connectivity index (χ3v) is 12.1. The molecule has 3 aliphatic rings. The van der Waals surface area contributed by atoms with Crippen LogP contribution in [0.3, 0.4) is 0 Å². The van der Waals surface area contributed by atoms with Crippen LogP contribution in [0.1, 0.15) is 77.1 Å². The van der Waals surface area contributed by atoms with Gasteiger partial charge in [0.25, 0.3) is 5.91 Å². The van der Waals surface area contributed by atoms with Crippen molar-refractivity contribution in [1.82, 2.24) is 31.1 Å². The van der Waals surface area contributed by atoms with E-state index in [-0.39, 0.29) is 41.4 Å². The summed E-state index contributed by atoms with van der Waals surface area (Å²) in [4.78, 5) is 97.6. The number of Topliss-reactive ketones (excluding diaryl/α,β-unsaturated/α-hetero) is 1. The highest BCUT2D eigenvalue weighted by atomic mass is 16.6. The lowest BCUT2D eigenvalue weighted by molar-refractivity contribution is -0.145. The van der Waals surface area contributed by atoms with E-state index in [9.17, 15) is 33.6 Å². The number of carbonyl (C=O) groups excluding carboxylic acids is 7. The molecule has 0 radical (unpaired) electrons. The van der Waals surface area contributed by atoms with Crippen LogP contribution in [0.25, 0.3) is 0 Å². The number of hydrogen-bond acceptors (Lipinski definition) is 8. The summed E-state index contributed by atoms with van der Waals surface area (Å²) in [6, 6.07) is 12.4. The first-order chi connectivity index (χ1) is 27.0. The Kier molecular flexibility index (Phi) is 13.5. The minimum Gasteiger partial charge on any atom is -0.446 e. The van der Waals surface area contributed by atoms with Gasteiger partial charge in [0.15, 0.2) is 0 Å². The van der Waals surface area contributed by atoms with Crippen LogP contribution in [0.4, 0.5) is 4.79 Å². The number of alkyl carbamates (subject to hydrolysis) is 1. The summed E-state index contributed by atoms with van der Waals surface area (Å²) in [5.41, 5.74) is 2.49. The van der Waals surface area contributed by atoms with Crippen LogP contribution < -0.4 is 21.3 Å². The second kappa shape index (κ2) is 17.9. The molecule has 14 heteroatoms. The average molecular weight is 787 g/mol. The van der Waals surface area contributed by atoms with Gasteiger partial charge in [-0.1, -0.05) is 95.6 Å². The van der Waals surface area contributed by atoms with Crippen LogP contribution in [0.15, 0.2) is 54.6 Å². The first-order valence-corrected chi connectivity index (χ1v) is 20.0. The molecule has 1 aliphatic heterocycles. The van der Waals surface area contributed by atoms with Crippen molar-refractivity contribution >= 4 is 41.4 Å². The number of likely N-dealkylation sites (N-methyl/N-ethyl adjacent to an activating group) is 1. The Morgan fingerprint density at radius 2 is 1.49 bits per heavy atom. The molecule has 5 rings (SSSR count). The SMILES string of the molecule is CCCC(NC(=O)[C@@H]1C2C(CN1C(=O)[C@@H](NC(=O)OC(C)C(C)C)C1Cc3ccccc3C1)C2(C)C)C(=O)C(=O)NCC(=O)N[C@H](C(=O)N(C)C)c1ccccc1. The average Bonchev–Trinajstić information content (AvgIpc) is 3.53. The van der Waals surface area contributed by atoms with Crippen molar-refractivity contribution in [2.45, 2.75) is 97.5 Å². The van der Waals surface area contributed by atoms with Crippen molar-refractivity contribution in [1.29, 1.82) is 0 Å². The number of ketones is 1. The van der Waals surface area contributed by atoms with Crippen molar-refractivity contribution in [2.75, 3.05) is 27.2 Å². The molecular formula is C43H58N6O8. The number of nitrogens with zero attached hydrogens (tertiary/aromatic N) is 2. The van der Waals surface area contributed by atoms with Crippen LogP contribution in [-0.4, -0.2) is 103 Å². The van der Waals surface area contributed by atoms with Gasteiger partial charge >= 0.3 is 6.09 Å². The lowest BCUT2D eigenvalue weighted by Gasteiger charge is -2.35. The molecule has 2 aliphatic carbocycles. The molecule has 308 valence electrons. The summed E-state index contributed by atoms with van der Waals surface area (Å²) < 4.78 is 5.63. The minimum atomic E-state index is -1.22. The van der Waals surface area contributed by atoms with Crippen LogP contribution in [0, 0.1) is 29.1 Å². The van der Waals surface area contributed by atoms with E-state index in [2.05, 4.69) is 21.3 Å². The third-order valence-electron chi connectivity index (χ3n) is 12.1. The van der Waals surface area contributed by atoms with Crippen molar-refractivity contribution in [3.63, 3.8) is 0 Å². The highest BCUT2D eigenvalue weighted by molar-refractivity contribution is 6.38. The third kappa shape index (κ3) is 9.65. The Balaban J connectivity index is 1.29. The van der Waals surface area contributed by atoms with E-state index >= 15 is 0 Å². The molecule has 14 nitrogen and oxygen atoms in total. The molecule has 4 unspecified atom stereocenters. The van der Waals surface area contributed by atoms with Crippen molar-refractivity contribution < 1.29 is 38.3 Å². The molecule has 0 aromatic heterocycles. The van der Waals surface area contributed by atoms with Crippen molar-refractivity contribution in [2.24, 2.45) is 29.1 Å². The molecule has 1 heterocycles. The zero-order valence-electron chi connectivity index (χ0n) is 34.3. The van der Waals surface area contributed by atoms with E-state index in [4.69, 9.17) is 4.74 Å². The Hall–Kier alpha value is -5.27. The highest BCUT2D eigenvalue weighted by Gasteiger charge is 2.70. The van der Waals surface area contributed by atoms with Gasteiger partial charge in [0, 0.05) is 20.6 Å². The van der Waals surface area contributed by atoms with Gasteiger partial charge in [-0.15, -0.1) is 0 Å². The molecular weight excluding hydrogens is 729 g/mol. The largest absolute Gasteiger partial charge is 0.446 e. The van der Waals surface area contributed by atoms with E-state index in [0.29, 0.717) is 31.4 Å². The molecule has 57 heavy (non-hydrogen) atoms. The number of rotatable bonds is 16. The quantitative estimate of drug-likeness (QED) is 0.187. The first kappa shape index (κ1) is 42.9. The van der Waals surface area contributed by atoms with Crippen molar-refractivity contribution in [3.8, 4) is 0 Å². The summed E-state index contributed by atoms with van der Waals surface area (Å²) in [7, 11) is 3.13. The fourth-order valence-electron chi connectivity index (χ4n) is 8.29. The Labute approximate surface area is 335 Å². The predicted octanol–water partition coefficient (Wildman–Crippen LogP) is 2.94. The van der Waals surface area contributed by atoms with Gasteiger partial charge in [-0.25, -0.2) is 4.79 Å². The molecule has 1 saturated heterocycles. The van der Waals surface area contributed by atoms with Crippen molar-refractivity contribution in [3.05, 3.63) is 71.3 Å². The van der Waals surface area contributed by atoms with E-state index in [1.54, 1.807) is 51.4 Å². The number of likely N-dealkylation sites (tertiary alicyclic amines) is 1. The fourth-order valence-corrected chi connectivity index (χ4v) is 8.29. The van der Waals surface area contributed by atoms with E-state index in [0.717, 1.165) is 11.1 Å². The number of nitrogens with one attached hydrogen (secondary N) is 4. The first-order valence-electron chi connectivity index (χ1n) is 20.0. The maximum absolute atomic E-state index is 14.7. The molecule has 0 spiro atoms. The number of hydrogen-bond donors (Lipinski definition) is 4. The summed E-state index contributed by atoms with van der Waals surface area (Å²) in [6.07, 6.45) is 0.623. The molecule has 7 atom stereocenters. The lowest BCUT2D eigenvalue weighted by atomic mass is 9.93. The predicted molar refractivity (Wildman–Crippen MR) is 212 cm³/mol. The van der Waals surface area contributed by atoms with Gasteiger partial charge in [-0.05, 0) is 72.0 Å². The Morgan fingerprint density at radius 1 is 0.877 bits per heavy atom. The number of piperidine rings is 1. The zero-order valence-corrected chi connectivity index (χ0v) is 34.3. The standard InChI is InChI=1S/C43H58N6O8/c1-9-15-31(37(51)39(53)44-22-32(50)46-34(40(54)48(7)8)26-16-11-10-12-17-26)45-38(52)36-33-30(43(33,5)6)23-49(36)41(55)35(47-42(56)57-25(4)24(2)3)29-20-27-18-13-14-19-28(27)21-29/h10-14,16-19,24-25,29-31,33-36H,9,15,20-23H2,1-8H3,(H,44,53)(H,45,52)(H,46,50)(H,47,56)/t25?,30?,31?,33?,34-,35-,36-/m0/s1. The van der Waals surface area contributed by atoms with Crippen LogP contribution in [0.2, 0.25) is 0 Å². The number of benzene rings is 2. The van der Waals surface area contributed by atoms with Gasteiger partial charge in [0.1, 0.15) is 24.2 Å². The summed E-state index contributed by atoms with van der Waals surface area (Å²) in [5, 5.41) is 10.6. The Bertz CT molecular complexity index is 1820. The molecule has 1 saturated carbocycles. The second-order valence-electron chi connectivity index (χ2n) is 16.8. The molecule has 6 amide bonds. The fraction of sp³-hybridized carbons (Fsp3) is 0.558. The number of carbonyl (C=O) groups is 7. The molecule has 2 fully saturated rings. The van der Waals surface area contributed by atoms with E-state index in [1.165, 1.54) is 9.80 Å². The monoisotopic (exact) mass is 786 g/mol. The lowest BCUT2D eigenvalue weighted by Crippen LogP contribution is -2.59. The Morgan fingerprint density at radius 3 is 2.07 bits per heavy atom. The number of fused-ring (bicyclic) bond motifs is 2. The maximum Gasteiger partial charge on any atom is 0.408 e. The zero-order chi connectivity index (χ0) is 41.8. The molecule has 2 aromatic carbocycles. The van der Waals surface area contributed by atoms with Gasteiger partial charge in [0.05, 0.1) is 12.6 Å². The van der Waals surface area contributed by atoms with Gasteiger partial charge in [-0.3, -0.25) is 28.8 Å². The van der Waals surface area contributed by atoms with Gasteiger partial charge in [-0.2, -0.15) is 0 Å². The highest BCUT2D eigenvalue weighted by Crippen LogP contribution is 2.65. The van der Waals surface area contributed by atoms with Crippen LogP contribution >= 0.6 is 0 Å². The smallest absolute Gasteiger partial charge is 0.408 e. The van der Waals surface area contributed by atoms with Crippen LogP contribution in [0.5, 0.6) is 0 Å².